The molecule has 1 rings (SSSR count). The predicted molar refractivity (Wildman–Crippen MR) is 64.1 cm³/mol. The molecule has 0 saturated carbocycles. The Hall–Kier alpha value is -0.300. The summed E-state index contributed by atoms with van der Waals surface area (Å²) in [5.74, 6) is 0. The van der Waals surface area contributed by atoms with Crippen molar-refractivity contribution in [3.63, 3.8) is 0 Å². The molecule has 0 bridgehead atoms. The average molecular weight is 344 g/mol. The van der Waals surface area contributed by atoms with Gasteiger partial charge >= 0.3 is 6.18 Å². The van der Waals surface area contributed by atoms with Crippen LogP contribution in [0, 0.1) is 3.57 Å². The minimum absolute atomic E-state index is 0.0217. The average Bonchev–Trinajstić information content (AvgIpc) is 2.19. The van der Waals surface area contributed by atoms with Crippen LogP contribution in [-0.4, -0.2) is 12.8 Å². The molecule has 0 saturated heterocycles. The molecule has 0 aliphatic carbocycles. The highest BCUT2D eigenvalue weighted by molar-refractivity contribution is 14.1. The van der Waals surface area contributed by atoms with E-state index >= 15 is 0 Å². The van der Waals surface area contributed by atoms with Gasteiger partial charge in [-0.15, -0.1) is 0 Å². The summed E-state index contributed by atoms with van der Waals surface area (Å²) in [7, 11) is 0. The summed E-state index contributed by atoms with van der Waals surface area (Å²) in [6, 6.07) is 7.70. The number of alkyl halides is 3. The fourth-order valence-corrected chi connectivity index (χ4v) is 1.50. The summed E-state index contributed by atoms with van der Waals surface area (Å²) < 4.78 is 41.7. The van der Waals surface area contributed by atoms with Gasteiger partial charge in [0.05, 0.1) is 6.61 Å². The lowest BCUT2D eigenvalue weighted by Crippen LogP contribution is -2.08. The summed E-state index contributed by atoms with van der Waals surface area (Å²) in [6.07, 6.45) is -4.83. The number of rotatable bonds is 5. The van der Waals surface area contributed by atoms with Gasteiger partial charge < -0.3 is 4.74 Å². The summed E-state index contributed by atoms with van der Waals surface area (Å²) in [5.41, 5.74) is 0.979. The van der Waals surface area contributed by atoms with Crippen molar-refractivity contribution in [3.8, 4) is 0 Å². The fourth-order valence-electron chi connectivity index (χ4n) is 1.15. The Balaban J connectivity index is 2.14. The second-order valence-corrected chi connectivity index (χ2v) is 4.64. The first-order valence-electron chi connectivity index (χ1n) is 4.86. The van der Waals surface area contributed by atoms with Gasteiger partial charge in [-0.25, -0.2) is 0 Å². The maximum absolute atomic E-state index is 11.8. The maximum Gasteiger partial charge on any atom is 0.389 e. The molecular weight excluding hydrogens is 332 g/mol. The van der Waals surface area contributed by atoms with Gasteiger partial charge in [-0.2, -0.15) is 13.2 Å². The molecule has 0 aliphatic rings. The van der Waals surface area contributed by atoms with E-state index in [2.05, 4.69) is 22.6 Å². The number of benzene rings is 1. The van der Waals surface area contributed by atoms with E-state index in [9.17, 15) is 13.2 Å². The van der Waals surface area contributed by atoms with Crippen molar-refractivity contribution < 1.29 is 17.9 Å². The van der Waals surface area contributed by atoms with Gasteiger partial charge in [0, 0.05) is 16.6 Å². The highest BCUT2D eigenvalue weighted by atomic mass is 127. The molecule has 1 aromatic carbocycles. The van der Waals surface area contributed by atoms with Gasteiger partial charge in [0.25, 0.3) is 0 Å². The zero-order chi connectivity index (χ0) is 12.0. The molecule has 0 unspecified atom stereocenters. The Bertz CT molecular complexity index is 308. The van der Waals surface area contributed by atoms with Crippen LogP contribution in [0.25, 0.3) is 0 Å². The first kappa shape index (κ1) is 13.8. The van der Waals surface area contributed by atoms with Crippen LogP contribution in [-0.2, 0) is 11.3 Å². The third kappa shape index (κ3) is 6.32. The van der Waals surface area contributed by atoms with Crippen molar-refractivity contribution in [2.75, 3.05) is 6.61 Å². The molecule has 0 aromatic heterocycles. The van der Waals surface area contributed by atoms with E-state index in [1.165, 1.54) is 0 Å². The lowest BCUT2D eigenvalue weighted by atomic mass is 10.2. The second kappa shape index (κ2) is 6.44. The summed E-state index contributed by atoms with van der Waals surface area (Å²) in [4.78, 5) is 0. The number of hydrogen-bond acceptors (Lipinski definition) is 1. The largest absolute Gasteiger partial charge is 0.389 e. The number of ether oxygens (including phenoxy) is 1. The molecular formula is C11H12F3IO. The zero-order valence-electron chi connectivity index (χ0n) is 8.56. The molecule has 0 spiro atoms. The van der Waals surface area contributed by atoms with Gasteiger partial charge in [0.2, 0.25) is 0 Å². The van der Waals surface area contributed by atoms with Crippen LogP contribution in [0.2, 0.25) is 0 Å². The molecule has 0 atom stereocenters. The van der Waals surface area contributed by atoms with Crippen molar-refractivity contribution in [1.82, 2.24) is 0 Å². The van der Waals surface area contributed by atoms with Crippen LogP contribution >= 0.6 is 22.6 Å². The minimum Gasteiger partial charge on any atom is -0.377 e. The molecule has 1 nitrogen and oxygen atoms in total. The Kier molecular flexibility index (Phi) is 5.54. The predicted octanol–water partition coefficient (Wildman–Crippen LogP) is 4.15. The van der Waals surface area contributed by atoms with E-state index < -0.39 is 12.6 Å². The molecule has 0 N–H and O–H groups in total. The van der Waals surface area contributed by atoms with Gasteiger partial charge in [-0.05, 0) is 46.7 Å². The standard InChI is InChI=1S/C11H12F3IO/c12-11(13,14)6-1-7-16-8-9-2-4-10(15)5-3-9/h2-5H,1,6-8H2. The van der Waals surface area contributed by atoms with Crippen molar-refractivity contribution in [2.45, 2.75) is 25.6 Å². The van der Waals surface area contributed by atoms with Crippen LogP contribution in [0.5, 0.6) is 0 Å². The summed E-state index contributed by atoms with van der Waals surface area (Å²) in [5, 5.41) is 0. The lowest BCUT2D eigenvalue weighted by molar-refractivity contribution is -0.138. The highest BCUT2D eigenvalue weighted by Crippen LogP contribution is 2.21. The molecule has 16 heavy (non-hydrogen) atoms. The third-order valence-electron chi connectivity index (χ3n) is 1.93. The van der Waals surface area contributed by atoms with E-state index in [1.54, 1.807) is 0 Å². The smallest absolute Gasteiger partial charge is 0.377 e. The summed E-state index contributed by atoms with van der Waals surface area (Å²) in [6.45, 7) is 0.514. The Morgan fingerprint density at radius 1 is 1.12 bits per heavy atom. The number of halogens is 4. The van der Waals surface area contributed by atoms with Gasteiger partial charge in [-0.1, -0.05) is 12.1 Å². The van der Waals surface area contributed by atoms with Crippen LogP contribution in [0.3, 0.4) is 0 Å². The Morgan fingerprint density at radius 3 is 2.31 bits per heavy atom. The molecule has 0 radical (unpaired) electrons. The quantitative estimate of drug-likeness (QED) is 0.576. The normalized spacial score (nSPS) is 11.8. The minimum atomic E-state index is -4.08. The van der Waals surface area contributed by atoms with Gasteiger partial charge in [0.15, 0.2) is 0 Å². The maximum atomic E-state index is 11.8. The van der Waals surface area contributed by atoms with E-state index in [-0.39, 0.29) is 13.0 Å². The van der Waals surface area contributed by atoms with Crippen molar-refractivity contribution in [1.29, 1.82) is 0 Å². The Labute approximate surface area is 106 Å². The highest BCUT2D eigenvalue weighted by Gasteiger charge is 2.25. The lowest BCUT2D eigenvalue weighted by Gasteiger charge is -2.07. The van der Waals surface area contributed by atoms with Gasteiger partial charge in [-0.3, -0.25) is 0 Å². The van der Waals surface area contributed by atoms with Crippen LogP contribution in [0.1, 0.15) is 18.4 Å². The molecule has 0 aliphatic heterocycles. The van der Waals surface area contributed by atoms with Crippen LogP contribution in [0.15, 0.2) is 24.3 Å². The van der Waals surface area contributed by atoms with E-state index in [0.717, 1.165) is 9.13 Å². The third-order valence-corrected chi connectivity index (χ3v) is 2.65. The first-order valence-corrected chi connectivity index (χ1v) is 5.94. The monoisotopic (exact) mass is 344 g/mol. The van der Waals surface area contributed by atoms with Crippen LogP contribution < -0.4 is 0 Å². The van der Waals surface area contributed by atoms with E-state index in [1.807, 2.05) is 24.3 Å². The molecule has 1 aromatic rings. The first-order chi connectivity index (χ1) is 7.47. The topological polar surface area (TPSA) is 9.23 Å². The van der Waals surface area contributed by atoms with Crippen molar-refractivity contribution in [2.24, 2.45) is 0 Å². The second-order valence-electron chi connectivity index (χ2n) is 3.40. The molecule has 0 fully saturated rings. The molecule has 0 heterocycles. The van der Waals surface area contributed by atoms with Crippen LogP contribution in [0.4, 0.5) is 13.2 Å². The summed E-state index contributed by atoms with van der Waals surface area (Å²) >= 11 is 2.19. The number of hydrogen-bond donors (Lipinski definition) is 0. The van der Waals surface area contributed by atoms with Gasteiger partial charge in [0.1, 0.15) is 0 Å². The van der Waals surface area contributed by atoms with Crippen molar-refractivity contribution in [3.05, 3.63) is 33.4 Å². The Morgan fingerprint density at radius 2 is 1.75 bits per heavy atom. The fraction of sp³-hybridized carbons (Fsp3) is 0.455. The van der Waals surface area contributed by atoms with E-state index in [4.69, 9.17) is 4.74 Å². The van der Waals surface area contributed by atoms with Crippen molar-refractivity contribution >= 4 is 22.6 Å². The molecule has 90 valence electrons. The zero-order valence-corrected chi connectivity index (χ0v) is 10.7. The molecule has 0 amide bonds. The van der Waals surface area contributed by atoms with E-state index in [0.29, 0.717) is 6.61 Å². The SMILES string of the molecule is FC(F)(F)CCCOCc1ccc(I)cc1. The molecule has 5 heteroatoms.